The molecule has 1 amide bonds. The number of carbonyl (C=O) groups is 1. The molecular formula is C19H21BrN2O4S2. The first-order chi connectivity index (χ1) is 13.4. The Bertz CT molecular complexity index is 962. The first-order valence-electron chi connectivity index (χ1n) is 9.21. The molecule has 1 aromatic carbocycles. The fourth-order valence-corrected chi connectivity index (χ4v) is 6.76. The van der Waals surface area contributed by atoms with Crippen molar-refractivity contribution in [1.29, 1.82) is 0 Å². The van der Waals surface area contributed by atoms with Crippen molar-refractivity contribution in [1.82, 2.24) is 9.62 Å². The van der Waals surface area contributed by atoms with Crippen LogP contribution in [0.1, 0.15) is 30.9 Å². The lowest BCUT2D eigenvalue weighted by Crippen LogP contribution is -2.46. The Labute approximate surface area is 177 Å². The summed E-state index contributed by atoms with van der Waals surface area (Å²) in [6.45, 7) is 1.22. The number of benzene rings is 1. The summed E-state index contributed by atoms with van der Waals surface area (Å²) in [7, 11) is -3.53. The number of amides is 1. The number of nitrogens with zero attached hydrogens (tertiary/aromatic N) is 1. The monoisotopic (exact) mass is 484 g/mol. The number of piperidine rings is 1. The van der Waals surface area contributed by atoms with Gasteiger partial charge < -0.3 is 10.1 Å². The first-order valence-corrected chi connectivity index (χ1v) is 12.3. The number of hydrogen-bond donors (Lipinski definition) is 1. The zero-order chi connectivity index (χ0) is 19.7. The van der Waals surface area contributed by atoms with Gasteiger partial charge >= 0.3 is 0 Å². The molecule has 1 N–H and O–H groups in total. The molecule has 2 aliphatic rings. The molecule has 2 atom stereocenters. The summed E-state index contributed by atoms with van der Waals surface area (Å²) in [4.78, 5) is 12.9. The van der Waals surface area contributed by atoms with Gasteiger partial charge in [-0.2, -0.15) is 4.31 Å². The van der Waals surface area contributed by atoms with Crippen LogP contribution in [0.15, 0.2) is 44.4 Å². The average molecular weight is 485 g/mol. The number of ether oxygens (including phenoxy) is 1. The highest BCUT2D eigenvalue weighted by atomic mass is 79.9. The zero-order valence-electron chi connectivity index (χ0n) is 15.1. The fourth-order valence-electron chi connectivity index (χ4n) is 3.72. The van der Waals surface area contributed by atoms with Crippen molar-refractivity contribution >= 4 is 43.2 Å². The predicted octanol–water partition coefficient (Wildman–Crippen LogP) is 3.55. The molecule has 9 heteroatoms. The van der Waals surface area contributed by atoms with Crippen LogP contribution in [0.2, 0.25) is 0 Å². The van der Waals surface area contributed by atoms with E-state index < -0.39 is 10.0 Å². The minimum absolute atomic E-state index is 0.0936. The van der Waals surface area contributed by atoms with Gasteiger partial charge in [-0.1, -0.05) is 22.0 Å². The second kappa shape index (κ2) is 8.14. The maximum atomic E-state index is 12.9. The van der Waals surface area contributed by atoms with Gasteiger partial charge in [-0.15, -0.1) is 11.3 Å². The van der Waals surface area contributed by atoms with E-state index in [1.807, 2.05) is 18.2 Å². The lowest BCUT2D eigenvalue weighted by molar-refractivity contribution is -0.127. The lowest BCUT2D eigenvalue weighted by atomic mass is 9.96. The molecule has 0 bridgehead atoms. The third kappa shape index (κ3) is 3.98. The smallest absolute Gasteiger partial charge is 0.252 e. The van der Waals surface area contributed by atoms with Crippen LogP contribution in [0.25, 0.3) is 0 Å². The van der Waals surface area contributed by atoms with Gasteiger partial charge in [0.1, 0.15) is 9.96 Å². The topological polar surface area (TPSA) is 75.7 Å². The summed E-state index contributed by atoms with van der Waals surface area (Å²) in [5.41, 5.74) is 0.952. The number of nitrogens with one attached hydrogen (secondary N) is 1. The summed E-state index contributed by atoms with van der Waals surface area (Å²) in [5, 5.41) is 4.87. The molecule has 0 radical (unpaired) electrons. The summed E-state index contributed by atoms with van der Waals surface area (Å²) >= 11 is 4.68. The van der Waals surface area contributed by atoms with E-state index in [2.05, 4.69) is 21.2 Å². The highest BCUT2D eigenvalue weighted by Crippen LogP contribution is 2.35. The molecule has 0 saturated carbocycles. The van der Waals surface area contributed by atoms with Gasteiger partial charge in [0.2, 0.25) is 5.91 Å². The van der Waals surface area contributed by atoms with Crippen molar-refractivity contribution in [3.8, 4) is 5.75 Å². The molecule has 28 heavy (non-hydrogen) atoms. The van der Waals surface area contributed by atoms with Gasteiger partial charge in [-0.3, -0.25) is 4.79 Å². The lowest BCUT2D eigenvalue weighted by Gasteiger charge is -2.33. The van der Waals surface area contributed by atoms with Crippen molar-refractivity contribution in [2.24, 2.45) is 5.92 Å². The summed E-state index contributed by atoms with van der Waals surface area (Å²) < 4.78 is 34.0. The minimum atomic E-state index is -3.53. The van der Waals surface area contributed by atoms with E-state index >= 15 is 0 Å². The van der Waals surface area contributed by atoms with Crippen LogP contribution in [0, 0.1) is 5.92 Å². The van der Waals surface area contributed by atoms with Gasteiger partial charge in [0.25, 0.3) is 10.0 Å². The van der Waals surface area contributed by atoms with Crippen molar-refractivity contribution in [2.75, 3.05) is 19.7 Å². The van der Waals surface area contributed by atoms with Gasteiger partial charge in [0, 0.05) is 29.5 Å². The number of fused-ring (bicyclic) bond motifs is 1. The Morgan fingerprint density at radius 1 is 1.29 bits per heavy atom. The quantitative estimate of drug-likeness (QED) is 0.719. The molecule has 1 saturated heterocycles. The third-order valence-electron chi connectivity index (χ3n) is 5.17. The van der Waals surface area contributed by atoms with Crippen LogP contribution < -0.4 is 10.1 Å². The molecule has 150 valence electrons. The van der Waals surface area contributed by atoms with E-state index in [0.29, 0.717) is 36.6 Å². The average Bonchev–Trinajstić information content (AvgIpc) is 3.24. The van der Waals surface area contributed by atoms with Crippen LogP contribution in [0.3, 0.4) is 0 Å². The minimum Gasteiger partial charge on any atom is -0.493 e. The highest BCUT2D eigenvalue weighted by molar-refractivity contribution is 9.10. The molecule has 2 aliphatic heterocycles. The maximum absolute atomic E-state index is 12.9. The molecule has 0 spiro atoms. The Kier molecular flexibility index (Phi) is 5.78. The number of carbonyl (C=O) groups excluding carboxylic acids is 1. The van der Waals surface area contributed by atoms with Gasteiger partial charge in [-0.25, -0.2) is 8.42 Å². The summed E-state index contributed by atoms with van der Waals surface area (Å²) in [6.07, 6.45) is 2.06. The van der Waals surface area contributed by atoms with Crippen molar-refractivity contribution in [3.63, 3.8) is 0 Å². The normalized spacial score (nSPS) is 22.9. The standard InChI is InChI=1S/C19H21BrN2O4S2/c20-14-5-6-17-15(11-14)16(7-9-26-17)21-19(23)13-3-1-8-22(12-13)28(24,25)18-4-2-10-27-18/h2,4-6,10-11,13,16H,1,3,7-9,12H2,(H,21,23). The van der Waals surface area contributed by atoms with Crippen LogP contribution in [0.5, 0.6) is 5.75 Å². The summed E-state index contributed by atoms with van der Waals surface area (Å²) in [6, 6.07) is 8.99. The van der Waals surface area contributed by atoms with Crippen LogP contribution >= 0.6 is 27.3 Å². The van der Waals surface area contributed by atoms with Crippen molar-refractivity contribution < 1.29 is 17.9 Å². The first kappa shape index (κ1) is 19.9. The van der Waals surface area contributed by atoms with E-state index in [-0.39, 0.29) is 24.4 Å². The Hall–Kier alpha value is -1.42. The molecule has 4 rings (SSSR count). The molecule has 3 heterocycles. The summed E-state index contributed by atoms with van der Waals surface area (Å²) in [5.74, 6) is 0.344. The van der Waals surface area contributed by atoms with Gasteiger partial charge in [0.05, 0.1) is 18.6 Å². The van der Waals surface area contributed by atoms with E-state index in [1.54, 1.807) is 17.5 Å². The van der Waals surface area contributed by atoms with Crippen LogP contribution in [-0.2, 0) is 14.8 Å². The fraction of sp³-hybridized carbons (Fsp3) is 0.421. The molecule has 0 aliphatic carbocycles. The zero-order valence-corrected chi connectivity index (χ0v) is 18.4. The second-order valence-corrected chi connectivity index (χ2v) is 11.0. The van der Waals surface area contributed by atoms with E-state index in [4.69, 9.17) is 4.74 Å². The highest BCUT2D eigenvalue weighted by Gasteiger charge is 2.35. The molecular weight excluding hydrogens is 464 g/mol. The number of thiophene rings is 1. The third-order valence-corrected chi connectivity index (χ3v) is 8.90. The van der Waals surface area contributed by atoms with E-state index in [0.717, 1.165) is 15.8 Å². The molecule has 2 unspecified atom stereocenters. The SMILES string of the molecule is O=C(NC1CCOc2ccc(Br)cc21)C1CCCN(S(=O)(=O)c2cccs2)C1. The van der Waals surface area contributed by atoms with Gasteiger partial charge in [0.15, 0.2) is 0 Å². The molecule has 1 fully saturated rings. The molecule has 6 nitrogen and oxygen atoms in total. The number of sulfonamides is 1. The Morgan fingerprint density at radius 2 is 2.14 bits per heavy atom. The van der Waals surface area contributed by atoms with E-state index in [1.165, 1.54) is 15.6 Å². The van der Waals surface area contributed by atoms with Gasteiger partial charge in [-0.05, 0) is 42.5 Å². The predicted molar refractivity (Wildman–Crippen MR) is 111 cm³/mol. The number of rotatable bonds is 4. The number of halogens is 1. The van der Waals surface area contributed by atoms with Crippen LogP contribution in [-0.4, -0.2) is 38.3 Å². The van der Waals surface area contributed by atoms with Crippen molar-refractivity contribution in [3.05, 3.63) is 45.7 Å². The second-order valence-electron chi connectivity index (χ2n) is 7.01. The molecule has 2 aromatic rings. The van der Waals surface area contributed by atoms with E-state index in [9.17, 15) is 13.2 Å². The Balaban J connectivity index is 1.47. The molecule has 1 aromatic heterocycles. The Morgan fingerprint density at radius 3 is 2.93 bits per heavy atom. The number of hydrogen-bond acceptors (Lipinski definition) is 5. The largest absolute Gasteiger partial charge is 0.493 e. The van der Waals surface area contributed by atoms with Crippen LogP contribution in [0.4, 0.5) is 0 Å². The maximum Gasteiger partial charge on any atom is 0.252 e. The van der Waals surface area contributed by atoms with Crippen molar-refractivity contribution in [2.45, 2.75) is 29.5 Å².